The molecule has 0 spiro atoms. The van der Waals surface area contributed by atoms with Crippen molar-refractivity contribution in [2.75, 3.05) is 0 Å². The molecule has 44 heavy (non-hydrogen) atoms. The predicted molar refractivity (Wildman–Crippen MR) is 167 cm³/mol. The van der Waals surface area contributed by atoms with Crippen LogP contribution in [0.3, 0.4) is 0 Å². The number of rotatable bonds is 0. The van der Waals surface area contributed by atoms with Crippen molar-refractivity contribution in [3.8, 4) is 0 Å². The van der Waals surface area contributed by atoms with Gasteiger partial charge in [0, 0.05) is 99.1 Å². The number of pyridine rings is 2. The second kappa shape index (κ2) is 32.6. The zero-order valence-corrected chi connectivity index (χ0v) is 23.8. The van der Waals surface area contributed by atoms with Gasteiger partial charge in [0.15, 0.2) is 6.39 Å². The molecule has 8 heterocycles. The van der Waals surface area contributed by atoms with Crippen LogP contribution in [0.5, 0.6) is 0 Å². The first-order valence-corrected chi connectivity index (χ1v) is 12.9. The first-order chi connectivity index (χ1) is 22.0. The predicted octanol–water partition coefficient (Wildman–Crippen LogP) is 5.63. The molecule has 0 amide bonds. The van der Waals surface area contributed by atoms with Crippen molar-refractivity contribution in [3.63, 3.8) is 0 Å². The van der Waals surface area contributed by atoms with Crippen molar-refractivity contribution in [2.45, 2.75) is 0 Å². The van der Waals surface area contributed by atoms with E-state index >= 15 is 0 Å². The topological polar surface area (TPSA) is 177 Å². The van der Waals surface area contributed by atoms with Gasteiger partial charge in [-0.15, -0.1) is 0 Å². The van der Waals surface area contributed by atoms with Gasteiger partial charge >= 0.3 is 0 Å². The maximum Gasteiger partial charge on any atom is 0.180 e. The number of nitrogens with one attached hydrogen (secondary N) is 3. The van der Waals surface area contributed by atoms with Gasteiger partial charge in [0.25, 0.3) is 0 Å². The first kappa shape index (κ1) is 35.4. The Kier molecular flexibility index (Phi) is 26.2. The Labute approximate surface area is 255 Å². The number of aromatic amines is 3. The normalized spacial score (nSPS) is 8.00. The molecule has 224 valence electrons. The van der Waals surface area contributed by atoms with Gasteiger partial charge in [0.1, 0.15) is 12.6 Å². The largest absolute Gasteiger partial charge is 0.452 e. The van der Waals surface area contributed by atoms with E-state index in [1.54, 1.807) is 112 Å². The van der Waals surface area contributed by atoms with E-state index in [1.807, 2.05) is 60.9 Å². The highest BCUT2D eigenvalue weighted by atomic mass is 16.3. The molecule has 0 radical (unpaired) electrons. The van der Waals surface area contributed by atoms with E-state index in [4.69, 9.17) is 0 Å². The van der Waals surface area contributed by atoms with Crippen LogP contribution < -0.4 is 0 Å². The van der Waals surface area contributed by atoms with Crippen LogP contribution in [-0.4, -0.2) is 59.8 Å². The fourth-order valence-electron chi connectivity index (χ4n) is 2.02. The van der Waals surface area contributed by atoms with Crippen LogP contribution >= 0.6 is 0 Å². The lowest BCUT2D eigenvalue weighted by molar-refractivity contribution is 0.558. The number of nitrogens with zero attached hydrogens (tertiary/aromatic N) is 9. The summed E-state index contributed by atoms with van der Waals surface area (Å²) >= 11 is 0. The van der Waals surface area contributed by atoms with Gasteiger partial charge in [-0.3, -0.25) is 19.9 Å². The van der Waals surface area contributed by atoms with E-state index in [0.29, 0.717) is 0 Å². The summed E-state index contributed by atoms with van der Waals surface area (Å²) in [4.78, 5) is 41.6. The van der Waals surface area contributed by atoms with Crippen LogP contribution in [0.15, 0.2) is 196 Å². The van der Waals surface area contributed by atoms with Crippen LogP contribution in [-0.2, 0) is 0 Å². The van der Waals surface area contributed by atoms with E-state index in [1.165, 1.54) is 19.0 Å². The first-order valence-electron chi connectivity index (χ1n) is 12.9. The second-order valence-corrected chi connectivity index (χ2v) is 6.93. The van der Waals surface area contributed by atoms with Gasteiger partial charge in [-0.2, -0.15) is 0 Å². The molecule has 0 aromatic carbocycles. The van der Waals surface area contributed by atoms with Crippen LogP contribution in [0.25, 0.3) is 0 Å². The minimum Gasteiger partial charge on any atom is -0.452 e. The van der Waals surface area contributed by atoms with Crippen LogP contribution in [0, 0.1) is 0 Å². The van der Waals surface area contributed by atoms with Crippen molar-refractivity contribution in [3.05, 3.63) is 192 Å². The van der Waals surface area contributed by atoms with Crippen LogP contribution in [0.2, 0.25) is 0 Å². The number of hydrogen-bond acceptors (Lipinski definition) is 10. The Bertz CT molecular complexity index is 1020. The van der Waals surface area contributed by atoms with Gasteiger partial charge in [-0.1, -0.05) is 12.1 Å². The molecule has 0 atom stereocenters. The van der Waals surface area contributed by atoms with Crippen molar-refractivity contribution < 1.29 is 4.42 Å². The molecule has 0 unspecified atom stereocenters. The minimum absolute atomic E-state index is 1.38. The Balaban J connectivity index is 0.000000252. The summed E-state index contributed by atoms with van der Waals surface area (Å²) < 4.78 is 4.47. The Morgan fingerprint density at radius 3 is 0.932 bits per heavy atom. The molecular formula is C31H34N12O. The Hall–Kier alpha value is -6.63. The molecule has 3 N–H and O–H groups in total. The van der Waals surface area contributed by atoms with Crippen molar-refractivity contribution >= 4 is 0 Å². The molecule has 13 nitrogen and oxygen atoms in total. The SMILES string of the molecule is c1c[nH]cn1.c1c[nH]cn1.c1cc[nH]c1.c1ccncc1.c1ccncc1.c1cnccn1.c1cncnc1.c1cocn1. The second-order valence-electron chi connectivity index (χ2n) is 6.93. The molecule has 0 aliphatic rings. The zero-order chi connectivity index (χ0) is 31.1. The summed E-state index contributed by atoms with van der Waals surface area (Å²) in [5.41, 5.74) is 0. The standard InChI is InChI=1S/2C5H5N.2C4H4N2.C4H5N.2C3H4N2.C3H3NO/c2*1-2-4-6-5-3-1;1-2-6-4-3-5-1;1-2-5-4-6-3-1;1-2-4-5-3-1;3*1-2-5-3-4-1/h2*1-5H;2*1-4H;1-5H;2*1-3H,(H,4,5);1-3H. The molecule has 0 saturated carbocycles. The summed E-state index contributed by atoms with van der Waals surface area (Å²) in [5, 5.41) is 0. The summed E-state index contributed by atoms with van der Waals surface area (Å²) in [6.07, 6.45) is 36.8. The molecule has 0 bridgehead atoms. The lowest BCUT2D eigenvalue weighted by Crippen LogP contribution is -1.66. The van der Waals surface area contributed by atoms with Crippen molar-refractivity contribution in [1.82, 2.24) is 59.8 Å². The average molecular weight is 591 g/mol. The summed E-state index contributed by atoms with van der Waals surface area (Å²) in [7, 11) is 0. The highest BCUT2D eigenvalue weighted by Gasteiger charge is 1.62. The molecular weight excluding hydrogens is 556 g/mol. The molecule has 0 aliphatic carbocycles. The average Bonchev–Trinajstić information content (AvgIpc) is 4.00. The highest BCUT2D eigenvalue weighted by molar-refractivity contribution is 4.89. The summed E-state index contributed by atoms with van der Waals surface area (Å²) in [6, 6.07) is 17.1. The lowest BCUT2D eigenvalue weighted by Gasteiger charge is -1.70. The lowest BCUT2D eigenvalue weighted by atomic mass is 10.5. The Morgan fingerprint density at radius 2 is 0.795 bits per heavy atom. The minimum atomic E-state index is 1.38. The Morgan fingerprint density at radius 1 is 0.318 bits per heavy atom. The van der Waals surface area contributed by atoms with E-state index in [2.05, 4.69) is 64.2 Å². The summed E-state index contributed by atoms with van der Waals surface area (Å²) in [6.45, 7) is 0. The number of imidazole rings is 2. The molecule has 0 fully saturated rings. The monoisotopic (exact) mass is 590 g/mol. The maximum atomic E-state index is 4.47. The molecule has 8 aromatic rings. The third-order valence-corrected chi connectivity index (χ3v) is 3.74. The van der Waals surface area contributed by atoms with Gasteiger partial charge < -0.3 is 19.4 Å². The summed E-state index contributed by atoms with van der Waals surface area (Å²) in [5.74, 6) is 0. The molecule has 13 heteroatoms. The number of aromatic nitrogens is 12. The van der Waals surface area contributed by atoms with E-state index in [0.717, 1.165) is 0 Å². The van der Waals surface area contributed by atoms with Gasteiger partial charge in [-0.25, -0.2) is 24.9 Å². The third-order valence-electron chi connectivity index (χ3n) is 3.74. The fraction of sp³-hybridized carbons (Fsp3) is 0. The quantitative estimate of drug-likeness (QED) is 0.201. The van der Waals surface area contributed by atoms with E-state index < -0.39 is 0 Å². The van der Waals surface area contributed by atoms with Crippen LogP contribution in [0.4, 0.5) is 0 Å². The van der Waals surface area contributed by atoms with Gasteiger partial charge in [0.2, 0.25) is 0 Å². The smallest absolute Gasteiger partial charge is 0.180 e. The maximum absolute atomic E-state index is 4.47. The van der Waals surface area contributed by atoms with E-state index in [9.17, 15) is 0 Å². The van der Waals surface area contributed by atoms with Gasteiger partial charge in [0.05, 0.1) is 18.9 Å². The molecule has 8 aromatic heterocycles. The molecule has 0 saturated heterocycles. The van der Waals surface area contributed by atoms with E-state index in [-0.39, 0.29) is 0 Å². The number of H-pyrrole nitrogens is 3. The zero-order valence-electron chi connectivity index (χ0n) is 23.8. The third kappa shape index (κ3) is 29.9. The van der Waals surface area contributed by atoms with Crippen molar-refractivity contribution in [2.24, 2.45) is 0 Å². The molecule has 8 rings (SSSR count). The molecule has 0 aliphatic heterocycles. The number of oxazole rings is 1. The van der Waals surface area contributed by atoms with Crippen molar-refractivity contribution in [1.29, 1.82) is 0 Å². The van der Waals surface area contributed by atoms with Gasteiger partial charge in [-0.05, 0) is 42.5 Å². The van der Waals surface area contributed by atoms with Crippen LogP contribution in [0.1, 0.15) is 0 Å². The highest BCUT2D eigenvalue weighted by Crippen LogP contribution is 1.75. The fourth-order valence-corrected chi connectivity index (χ4v) is 2.02. The number of hydrogen-bond donors (Lipinski definition) is 3.